The van der Waals surface area contributed by atoms with Crippen LogP contribution in [0.4, 0.5) is 11.4 Å². The summed E-state index contributed by atoms with van der Waals surface area (Å²) in [5, 5.41) is 7.99. The van der Waals surface area contributed by atoms with E-state index < -0.39 is 15.9 Å². The van der Waals surface area contributed by atoms with E-state index in [2.05, 4.69) is 35.9 Å². The molecule has 1 aliphatic rings. The van der Waals surface area contributed by atoms with Crippen LogP contribution in [0, 0.1) is 11.3 Å². The van der Waals surface area contributed by atoms with Gasteiger partial charge in [0.25, 0.3) is 5.91 Å². The van der Waals surface area contributed by atoms with E-state index in [4.69, 9.17) is 5.73 Å². The lowest BCUT2D eigenvalue weighted by atomic mass is 9.80. The van der Waals surface area contributed by atoms with E-state index in [0.29, 0.717) is 22.9 Å². The number of nitrogens with zero attached hydrogens (tertiary/aromatic N) is 2. The molecule has 1 unspecified atom stereocenters. The zero-order valence-electron chi connectivity index (χ0n) is 18.7. The monoisotopic (exact) mass is 455 g/mol. The number of hydrogen-bond acceptors (Lipinski definition) is 5. The van der Waals surface area contributed by atoms with Gasteiger partial charge in [0.2, 0.25) is 10.0 Å². The number of rotatable bonds is 6. The van der Waals surface area contributed by atoms with Gasteiger partial charge < -0.3 is 11.1 Å². The predicted octanol–water partition coefficient (Wildman–Crippen LogP) is 3.71. The number of fused-ring (bicyclic) bond motifs is 1. The van der Waals surface area contributed by atoms with Crippen LogP contribution in [0.5, 0.6) is 0 Å². The van der Waals surface area contributed by atoms with E-state index in [9.17, 15) is 13.2 Å². The van der Waals surface area contributed by atoms with Gasteiger partial charge in [-0.1, -0.05) is 32.9 Å². The van der Waals surface area contributed by atoms with Gasteiger partial charge in [-0.05, 0) is 47.9 Å². The number of benzene rings is 1. The van der Waals surface area contributed by atoms with Crippen LogP contribution in [0.1, 0.15) is 44.0 Å². The third-order valence-corrected chi connectivity index (χ3v) is 7.38. The highest BCUT2D eigenvalue weighted by molar-refractivity contribution is 7.92. The van der Waals surface area contributed by atoms with Crippen LogP contribution in [0.15, 0.2) is 42.7 Å². The number of nitrogens with two attached hydrogens (primary N) is 1. The second-order valence-corrected chi connectivity index (χ2v) is 11.1. The van der Waals surface area contributed by atoms with Crippen molar-refractivity contribution in [3.05, 3.63) is 48.3 Å². The third-order valence-electron chi connectivity index (χ3n) is 6.78. The molecule has 1 fully saturated rings. The molecule has 0 spiro atoms. The highest BCUT2D eigenvalue weighted by atomic mass is 32.2. The van der Waals surface area contributed by atoms with Crippen molar-refractivity contribution in [2.75, 3.05) is 16.3 Å². The number of primary amides is 1. The summed E-state index contributed by atoms with van der Waals surface area (Å²) in [4.78, 5) is 12.2. The average molecular weight is 456 g/mol. The van der Waals surface area contributed by atoms with E-state index in [1.54, 1.807) is 22.7 Å². The first-order chi connectivity index (χ1) is 15.0. The highest BCUT2D eigenvalue weighted by Crippen LogP contribution is 2.44. The Morgan fingerprint density at radius 1 is 1.22 bits per heavy atom. The van der Waals surface area contributed by atoms with Crippen molar-refractivity contribution in [1.82, 2.24) is 9.61 Å². The maximum Gasteiger partial charge on any atom is 0.252 e. The summed E-state index contributed by atoms with van der Waals surface area (Å²) in [6.45, 7) is 6.74. The molecular formula is C23H29N5O3S. The normalized spacial score (nSPS) is 20.4. The zero-order chi connectivity index (χ0) is 23.3. The standard InChI is InChI=1S/C23H29N5O3S/c1-14-8-9-20(23(14,2)3)26-21-18(22(24)29)12-25-28-13-16(11-19(21)28)15-6-5-7-17(10-15)27-32(4,30)31/h5-7,10-14,20,26-27H,8-9H2,1-4H3,(H2,24,29)/t14?,20-/m1/s1. The Bertz CT molecular complexity index is 1300. The topological polar surface area (TPSA) is 119 Å². The molecule has 4 N–H and O–H groups in total. The molecule has 0 radical (unpaired) electrons. The fourth-order valence-corrected chi connectivity index (χ4v) is 5.02. The lowest BCUT2D eigenvalue weighted by molar-refractivity contribution is 0.100. The Morgan fingerprint density at radius 3 is 2.59 bits per heavy atom. The summed E-state index contributed by atoms with van der Waals surface area (Å²) in [5.74, 6) is 0.0239. The molecule has 170 valence electrons. The van der Waals surface area contributed by atoms with Crippen molar-refractivity contribution in [3.63, 3.8) is 0 Å². The number of carbonyl (C=O) groups excluding carboxylic acids is 1. The second kappa shape index (κ2) is 7.81. The van der Waals surface area contributed by atoms with Gasteiger partial charge in [-0.3, -0.25) is 9.52 Å². The van der Waals surface area contributed by atoms with Crippen molar-refractivity contribution < 1.29 is 13.2 Å². The summed E-state index contributed by atoms with van der Waals surface area (Å²) < 4.78 is 27.4. The van der Waals surface area contributed by atoms with E-state index in [1.165, 1.54) is 6.20 Å². The molecule has 9 heteroatoms. The Hall–Kier alpha value is -3.07. The molecule has 2 atom stereocenters. The van der Waals surface area contributed by atoms with Crippen LogP contribution in [-0.2, 0) is 10.0 Å². The minimum atomic E-state index is -3.38. The fourth-order valence-electron chi connectivity index (χ4n) is 4.47. The molecule has 2 heterocycles. The quantitative estimate of drug-likeness (QED) is 0.524. The van der Waals surface area contributed by atoms with E-state index in [0.717, 1.165) is 35.7 Å². The minimum absolute atomic E-state index is 0.0657. The lowest BCUT2D eigenvalue weighted by Gasteiger charge is -2.33. The maximum absolute atomic E-state index is 12.2. The SMILES string of the molecule is CC1CC[C@@H](Nc2c(C(N)=O)cnn3cc(-c4cccc(NS(C)(=O)=O)c4)cc23)C1(C)C. The first kappa shape index (κ1) is 22.1. The maximum atomic E-state index is 12.2. The van der Waals surface area contributed by atoms with E-state index >= 15 is 0 Å². The van der Waals surface area contributed by atoms with Crippen molar-refractivity contribution >= 4 is 32.8 Å². The lowest BCUT2D eigenvalue weighted by Crippen LogP contribution is -2.35. The molecule has 32 heavy (non-hydrogen) atoms. The largest absolute Gasteiger partial charge is 0.379 e. The summed E-state index contributed by atoms with van der Waals surface area (Å²) in [6, 6.07) is 9.27. The van der Waals surface area contributed by atoms with Crippen LogP contribution < -0.4 is 15.8 Å². The van der Waals surface area contributed by atoms with Gasteiger partial charge in [0, 0.05) is 23.5 Å². The van der Waals surface area contributed by atoms with E-state index in [1.807, 2.05) is 18.3 Å². The molecule has 1 aliphatic carbocycles. The number of carbonyl (C=O) groups is 1. The summed E-state index contributed by atoms with van der Waals surface area (Å²) in [7, 11) is -3.38. The van der Waals surface area contributed by atoms with Crippen molar-refractivity contribution in [3.8, 4) is 11.1 Å². The summed E-state index contributed by atoms with van der Waals surface area (Å²) in [5.41, 5.74) is 9.66. The summed E-state index contributed by atoms with van der Waals surface area (Å²) in [6.07, 6.45) is 6.59. The van der Waals surface area contributed by atoms with Gasteiger partial charge in [-0.2, -0.15) is 5.10 Å². The third kappa shape index (κ3) is 4.17. The smallest absolute Gasteiger partial charge is 0.252 e. The first-order valence-corrected chi connectivity index (χ1v) is 12.5. The van der Waals surface area contributed by atoms with Gasteiger partial charge in [0.1, 0.15) is 0 Å². The van der Waals surface area contributed by atoms with Crippen LogP contribution in [0.3, 0.4) is 0 Å². The van der Waals surface area contributed by atoms with Gasteiger partial charge in [-0.15, -0.1) is 0 Å². The summed E-state index contributed by atoms with van der Waals surface area (Å²) >= 11 is 0. The van der Waals surface area contributed by atoms with Gasteiger partial charge >= 0.3 is 0 Å². The van der Waals surface area contributed by atoms with Crippen LogP contribution in [0.25, 0.3) is 16.6 Å². The molecule has 3 aromatic rings. The Kier molecular flexibility index (Phi) is 5.40. The molecule has 1 amide bonds. The Labute approximate surface area is 188 Å². The number of hydrogen-bond donors (Lipinski definition) is 3. The van der Waals surface area contributed by atoms with Crippen molar-refractivity contribution in [2.24, 2.45) is 17.1 Å². The first-order valence-electron chi connectivity index (χ1n) is 10.6. The Balaban J connectivity index is 1.79. The van der Waals surface area contributed by atoms with Gasteiger partial charge in [0.05, 0.1) is 29.2 Å². The van der Waals surface area contributed by atoms with Crippen molar-refractivity contribution in [2.45, 2.75) is 39.7 Å². The average Bonchev–Trinajstić information content (AvgIpc) is 3.23. The highest BCUT2D eigenvalue weighted by Gasteiger charge is 2.41. The number of amides is 1. The van der Waals surface area contributed by atoms with Crippen LogP contribution in [-0.4, -0.2) is 36.2 Å². The molecule has 0 aliphatic heterocycles. The number of aromatic nitrogens is 2. The molecule has 2 aromatic heterocycles. The Morgan fingerprint density at radius 2 is 1.97 bits per heavy atom. The number of nitrogens with one attached hydrogen (secondary N) is 2. The minimum Gasteiger partial charge on any atom is -0.379 e. The molecule has 8 nitrogen and oxygen atoms in total. The molecular weight excluding hydrogens is 426 g/mol. The molecule has 1 aromatic carbocycles. The molecule has 4 rings (SSSR count). The zero-order valence-corrected chi connectivity index (χ0v) is 19.5. The predicted molar refractivity (Wildman–Crippen MR) is 127 cm³/mol. The van der Waals surface area contributed by atoms with Gasteiger partial charge in [0.15, 0.2) is 0 Å². The molecule has 0 saturated heterocycles. The number of sulfonamides is 1. The molecule has 1 saturated carbocycles. The van der Waals surface area contributed by atoms with Gasteiger partial charge in [-0.25, -0.2) is 12.9 Å². The van der Waals surface area contributed by atoms with Crippen LogP contribution in [0.2, 0.25) is 0 Å². The number of anilines is 2. The molecule has 0 bridgehead atoms. The van der Waals surface area contributed by atoms with E-state index in [-0.39, 0.29) is 11.5 Å². The fraction of sp³-hybridized carbons (Fsp3) is 0.391. The second-order valence-electron chi connectivity index (χ2n) is 9.31. The van der Waals surface area contributed by atoms with Crippen molar-refractivity contribution in [1.29, 1.82) is 0 Å². The van der Waals surface area contributed by atoms with Crippen LogP contribution >= 0.6 is 0 Å².